The van der Waals surface area contributed by atoms with Crippen LogP contribution in [0.25, 0.3) is 0 Å². The Morgan fingerprint density at radius 1 is 1.18 bits per heavy atom. The minimum atomic E-state index is -0.506. The monoisotopic (exact) mass is 437 g/mol. The molecule has 0 aromatic heterocycles. The van der Waals surface area contributed by atoms with E-state index >= 15 is 0 Å². The van der Waals surface area contributed by atoms with Crippen LogP contribution in [-0.4, -0.2) is 24.3 Å². The number of aryl methyl sites for hydroxylation is 1. The van der Waals surface area contributed by atoms with Crippen molar-refractivity contribution in [3.63, 3.8) is 0 Å². The van der Waals surface area contributed by atoms with Gasteiger partial charge in [0.05, 0.1) is 10.0 Å². The highest BCUT2D eigenvalue weighted by Crippen LogP contribution is 2.30. The maximum Gasteiger partial charge on any atom is 0.260 e. The molecule has 0 unspecified atom stereocenters. The van der Waals surface area contributed by atoms with Crippen LogP contribution >= 0.6 is 35.0 Å². The van der Waals surface area contributed by atoms with Gasteiger partial charge < -0.3 is 10.1 Å². The van der Waals surface area contributed by atoms with Crippen LogP contribution in [0, 0.1) is 0 Å². The number of benzene rings is 2. The Morgan fingerprint density at radius 2 is 2.00 bits per heavy atom. The van der Waals surface area contributed by atoms with E-state index in [9.17, 15) is 4.79 Å². The zero-order valence-corrected chi connectivity index (χ0v) is 18.3. The van der Waals surface area contributed by atoms with Gasteiger partial charge in [0, 0.05) is 18.1 Å². The highest BCUT2D eigenvalue weighted by molar-refractivity contribution is 7.98. The third kappa shape index (κ3) is 5.82. The lowest BCUT2D eigenvalue weighted by Crippen LogP contribution is -2.37. The summed E-state index contributed by atoms with van der Waals surface area (Å²) in [5.74, 6) is 2.42. The first-order chi connectivity index (χ1) is 13.5. The van der Waals surface area contributed by atoms with Crippen LogP contribution in [0.15, 0.2) is 36.4 Å². The van der Waals surface area contributed by atoms with Gasteiger partial charge in [0.1, 0.15) is 5.75 Å². The highest BCUT2D eigenvalue weighted by Gasteiger charge is 2.19. The SMILES string of the molecule is C[C@H](Oc1cccc2c1CCCC2)C(=O)NCCSCc1ccc(Cl)c(Cl)c1. The minimum Gasteiger partial charge on any atom is -0.481 e. The lowest BCUT2D eigenvalue weighted by atomic mass is 9.91. The molecule has 2 aromatic rings. The zero-order valence-electron chi connectivity index (χ0n) is 16.0. The summed E-state index contributed by atoms with van der Waals surface area (Å²) in [6, 6.07) is 11.8. The predicted molar refractivity (Wildman–Crippen MR) is 119 cm³/mol. The van der Waals surface area contributed by atoms with Gasteiger partial charge in [-0.2, -0.15) is 11.8 Å². The first-order valence-corrected chi connectivity index (χ1v) is 11.5. The summed E-state index contributed by atoms with van der Waals surface area (Å²) < 4.78 is 5.98. The molecule has 0 saturated heterocycles. The molecule has 1 atom stereocenters. The lowest BCUT2D eigenvalue weighted by molar-refractivity contribution is -0.127. The summed E-state index contributed by atoms with van der Waals surface area (Å²) in [7, 11) is 0. The van der Waals surface area contributed by atoms with Gasteiger partial charge >= 0.3 is 0 Å². The van der Waals surface area contributed by atoms with E-state index in [0.717, 1.165) is 35.7 Å². The van der Waals surface area contributed by atoms with Crippen molar-refractivity contribution in [2.45, 2.75) is 44.5 Å². The van der Waals surface area contributed by atoms with Crippen molar-refractivity contribution >= 4 is 40.9 Å². The van der Waals surface area contributed by atoms with Crippen LogP contribution in [0.2, 0.25) is 10.0 Å². The van der Waals surface area contributed by atoms with E-state index in [0.29, 0.717) is 16.6 Å². The van der Waals surface area contributed by atoms with Gasteiger partial charge in [0.25, 0.3) is 5.91 Å². The number of carbonyl (C=O) groups excluding carboxylic acids is 1. The molecule has 0 bridgehead atoms. The quantitative estimate of drug-likeness (QED) is 0.538. The van der Waals surface area contributed by atoms with Crippen LogP contribution in [0.3, 0.4) is 0 Å². The smallest absolute Gasteiger partial charge is 0.260 e. The summed E-state index contributed by atoms with van der Waals surface area (Å²) in [5.41, 5.74) is 3.75. The van der Waals surface area contributed by atoms with E-state index in [2.05, 4.69) is 11.4 Å². The Labute approximate surface area is 181 Å². The van der Waals surface area contributed by atoms with Crippen molar-refractivity contribution in [1.82, 2.24) is 5.32 Å². The maximum absolute atomic E-state index is 12.4. The second-order valence-corrected chi connectivity index (χ2v) is 8.87. The molecule has 3 nitrogen and oxygen atoms in total. The number of halogens is 2. The number of amides is 1. The summed E-state index contributed by atoms with van der Waals surface area (Å²) in [5, 5.41) is 4.10. The molecule has 1 N–H and O–H groups in total. The lowest BCUT2D eigenvalue weighted by Gasteiger charge is -2.22. The first-order valence-electron chi connectivity index (χ1n) is 9.61. The molecule has 0 heterocycles. The van der Waals surface area contributed by atoms with E-state index in [4.69, 9.17) is 27.9 Å². The molecular formula is C22H25Cl2NO2S. The average molecular weight is 438 g/mol. The maximum atomic E-state index is 12.4. The van der Waals surface area contributed by atoms with Gasteiger partial charge in [-0.05, 0) is 67.5 Å². The number of ether oxygens (including phenoxy) is 1. The van der Waals surface area contributed by atoms with Crippen molar-refractivity contribution in [3.8, 4) is 5.75 Å². The van der Waals surface area contributed by atoms with E-state index in [1.807, 2.05) is 30.3 Å². The molecule has 3 rings (SSSR count). The van der Waals surface area contributed by atoms with Crippen molar-refractivity contribution < 1.29 is 9.53 Å². The molecule has 150 valence electrons. The fraction of sp³-hybridized carbons (Fsp3) is 0.409. The van der Waals surface area contributed by atoms with Crippen LogP contribution in [-0.2, 0) is 23.4 Å². The van der Waals surface area contributed by atoms with Gasteiger partial charge in [0.15, 0.2) is 6.10 Å². The van der Waals surface area contributed by atoms with E-state index in [1.54, 1.807) is 18.7 Å². The first kappa shape index (κ1) is 21.4. The van der Waals surface area contributed by atoms with E-state index < -0.39 is 6.10 Å². The third-order valence-electron chi connectivity index (χ3n) is 4.82. The number of fused-ring (bicyclic) bond motifs is 1. The topological polar surface area (TPSA) is 38.3 Å². The summed E-state index contributed by atoms with van der Waals surface area (Å²) in [6.07, 6.45) is 4.04. The molecule has 0 fully saturated rings. The highest BCUT2D eigenvalue weighted by atomic mass is 35.5. The van der Waals surface area contributed by atoms with E-state index in [-0.39, 0.29) is 5.91 Å². The Morgan fingerprint density at radius 3 is 2.82 bits per heavy atom. The minimum absolute atomic E-state index is 0.0800. The van der Waals surface area contributed by atoms with Crippen LogP contribution in [0.4, 0.5) is 0 Å². The fourth-order valence-corrected chi connectivity index (χ4v) is 4.44. The molecule has 0 radical (unpaired) electrons. The van der Waals surface area contributed by atoms with Crippen molar-refractivity contribution in [1.29, 1.82) is 0 Å². The zero-order chi connectivity index (χ0) is 19.9. The van der Waals surface area contributed by atoms with Gasteiger partial charge in [-0.15, -0.1) is 0 Å². The number of hydrogen-bond donors (Lipinski definition) is 1. The molecule has 0 spiro atoms. The van der Waals surface area contributed by atoms with Crippen molar-refractivity contribution in [3.05, 3.63) is 63.1 Å². The Balaban J connectivity index is 1.40. The fourth-order valence-electron chi connectivity index (χ4n) is 3.31. The second-order valence-electron chi connectivity index (χ2n) is 6.95. The molecule has 1 amide bonds. The van der Waals surface area contributed by atoms with Crippen LogP contribution in [0.1, 0.15) is 36.5 Å². The largest absolute Gasteiger partial charge is 0.481 e. The number of thioether (sulfide) groups is 1. The Hall–Kier alpha value is -1.36. The normalized spacial score (nSPS) is 14.2. The summed E-state index contributed by atoms with van der Waals surface area (Å²) in [6.45, 7) is 2.41. The van der Waals surface area contributed by atoms with Crippen LogP contribution in [0.5, 0.6) is 5.75 Å². The van der Waals surface area contributed by atoms with Gasteiger partial charge in [-0.25, -0.2) is 0 Å². The standard InChI is InChI=1S/C22H25Cl2NO2S/c1-15(27-21-8-4-6-17-5-2-3-7-18(17)21)22(26)25-11-12-28-14-16-9-10-19(23)20(24)13-16/h4,6,8-10,13,15H,2-3,5,7,11-12,14H2,1H3,(H,25,26)/t15-/m0/s1. The second kappa shape index (κ2) is 10.4. The van der Waals surface area contributed by atoms with Crippen molar-refractivity contribution in [2.24, 2.45) is 0 Å². The molecule has 1 aliphatic rings. The number of carbonyl (C=O) groups is 1. The van der Waals surface area contributed by atoms with E-state index in [1.165, 1.54) is 24.0 Å². The average Bonchev–Trinajstić information content (AvgIpc) is 2.70. The van der Waals surface area contributed by atoms with Crippen LogP contribution < -0.4 is 10.1 Å². The number of hydrogen-bond acceptors (Lipinski definition) is 3. The van der Waals surface area contributed by atoms with Gasteiger partial charge in [-0.3, -0.25) is 4.79 Å². The van der Waals surface area contributed by atoms with Gasteiger partial charge in [0.2, 0.25) is 0 Å². The third-order valence-corrected chi connectivity index (χ3v) is 6.59. The predicted octanol–water partition coefficient (Wildman–Crippen LogP) is 5.69. The Kier molecular flexibility index (Phi) is 7.95. The number of rotatable bonds is 8. The molecular weight excluding hydrogens is 413 g/mol. The number of nitrogens with one attached hydrogen (secondary N) is 1. The summed E-state index contributed by atoms with van der Waals surface area (Å²) in [4.78, 5) is 12.4. The molecule has 1 aliphatic carbocycles. The summed E-state index contributed by atoms with van der Waals surface area (Å²) >= 11 is 13.7. The molecule has 6 heteroatoms. The molecule has 0 saturated carbocycles. The Bertz CT molecular complexity index is 828. The molecule has 0 aliphatic heterocycles. The van der Waals surface area contributed by atoms with Crippen molar-refractivity contribution in [2.75, 3.05) is 12.3 Å². The molecule has 28 heavy (non-hydrogen) atoms. The van der Waals surface area contributed by atoms with Gasteiger partial charge in [-0.1, -0.05) is 41.4 Å². The molecule has 2 aromatic carbocycles.